The van der Waals surface area contributed by atoms with Crippen LogP contribution in [0.3, 0.4) is 0 Å². The molecule has 0 radical (unpaired) electrons. The van der Waals surface area contributed by atoms with Gasteiger partial charge in [0, 0.05) is 40.4 Å². The van der Waals surface area contributed by atoms with Crippen LogP contribution >= 0.6 is 0 Å². The van der Waals surface area contributed by atoms with Crippen molar-refractivity contribution in [2.24, 2.45) is 11.8 Å². The molecule has 0 fully saturated rings. The Bertz CT molecular complexity index is 2170. The summed E-state index contributed by atoms with van der Waals surface area (Å²) >= 11 is 0. The maximum absolute atomic E-state index is 6.69. The van der Waals surface area contributed by atoms with Crippen LogP contribution < -0.4 is 14.3 Å². The van der Waals surface area contributed by atoms with Crippen molar-refractivity contribution in [3.8, 4) is 22.5 Å². The van der Waals surface area contributed by atoms with Crippen LogP contribution in [0.25, 0.3) is 44.6 Å². The van der Waals surface area contributed by atoms with E-state index >= 15 is 0 Å². The lowest BCUT2D eigenvalue weighted by molar-refractivity contribution is -0.954. The van der Waals surface area contributed by atoms with Crippen LogP contribution in [0.5, 0.6) is 0 Å². The molecule has 0 N–H and O–H groups in total. The zero-order valence-electron chi connectivity index (χ0n) is 27.8. The number of pyridine rings is 3. The molecule has 2 aliphatic heterocycles. The first-order valence-electron chi connectivity index (χ1n) is 16.6. The van der Waals surface area contributed by atoms with E-state index in [1.807, 2.05) is 12.3 Å². The molecule has 2 aliphatic rings. The fourth-order valence-electron chi connectivity index (χ4n) is 8.02. The molecule has 0 saturated carbocycles. The van der Waals surface area contributed by atoms with E-state index in [2.05, 4.69) is 141 Å². The molecule has 6 aromatic rings. The second-order valence-electron chi connectivity index (χ2n) is 15.1. The fraction of sp³-hybridized carbons (Fsp3) is 0.325. The quantitative estimate of drug-likeness (QED) is 0.145. The van der Waals surface area contributed by atoms with E-state index < -0.39 is 13.7 Å². The minimum absolute atomic E-state index is 0.431. The van der Waals surface area contributed by atoms with Crippen LogP contribution in [0.1, 0.15) is 62.8 Å². The molecule has 5 heteroatoms. The molecule has 8 rings (SSSR count). The second-order valence-corrected chi connectivity index (χ2v) is 20.1. The highest BCUT2D eigenvalue weighted by molar-refractivity contribution is 6.89. The van der Waals surface area contributed by atoms with Gasteiger partial charge in [-0.05, 0) is 71.7 Å². The molecule has 2 atom stereocenters. The fourth-order valence-corrected chi connectivity index (χ4v) is 9.68. The van der Waals surface area contributed by atoms with Gasteiger partial charge < -0.3 is 4.42 Å². The van der Waals surface area contributed by atoms with Crippen molar-refractivity contribution in [1.29, 1.82) is 0 Å². The molecule has 0 amide bonds. The van der Waals surface area contributed by atoms with Gasteiger partial charge in [-0.3, -0.25) is 0 Å². The van der Waals surface area contributed by atoms with Gasteiger partial charge in [-0.25, -0.2) is 4.98 Å². The molecule has 2 unspecified atom stereocenters. The monoisotopic (exact) mass is 609 g/mol. The molecule has 0 aliphatic carbocycles. The third kappa shape index (κ3) is 3.86. The Kier molecular flexibility index (Phi) is 6.12. The van der Waals surface area contributed by atoms with Gasteiger partial charge >= 0.3 is 5.66 Å². The summed E-state index contributed by atoms with van der Waals surface area (Å²) in [6, 6.07) is 25.1. The van der Waals surface area contributed by atoms with E-state index in [1.165, 1.54) is 44.8 Å². The van der Waals surface area contributed by atoms with Crippen molar-refractivity contribution in [1.82, 2.24) is 4.98 Å². The number of hydrogen-bond donors (Lipinski definition) is 0. The van der Waals surface area contributed by atoms with Gasteiger partial charge in [-0.1, -0.05) is 66.4 Å². The first kappa shape index (κ1) is 28.4. The summed E-state index contributed by atoms with van der Waals surface area (Å²) < 4.78 is 11.8. The van der Waals surface area contributed by atoms with E-state index in [0.29, 0.717) is 23.5 Å². The van der Waals surface area contributed by atoms with Gasteiger partial charge in [0.1, 0.15) is 16.7 Å². The standard InChI is InChI=1S/C40H43N3OSi/c1-24(2)20-28-22-34-31-12-9-10-14-32(31)40(43(34)23-36(28)45(6,7)8)33-16-15-29-30-13-11-18-41-39(30)44-38(29)37(33)35-21-27(17-19-42(35)40)26(5)25(3)4/h9-19,21-26H,20H2,1-8H3/q+2. The average molecular weight is 610 g/mol. The van der Waals surface area contributed by atoms with Gasteiger partial charge in [-0.2, -0.15) is 0 Å². The molecular weight excluding hydrogens is 567 g/mol. The van der Waals surface area contributed by atoms with Crippen molar-refractivity contribution in [2.75, 3.05) is 0 Å². The lowest BCUT2D eigenvalue weighted by atomic mass is 9.88. The Morgan fingerprint density at radius 2 is 1.62 bits per heavy atom. The van der Waals surface area contributed by atoms with E-state index in [4.69, 9.17) is 4.42 Å². The van der Waals surface area contributed by atoms with Crippen LogP contribution in [0.15, 0.2) is 89.7 Å². The summed E-state index contributed by atoms with van der Waals surface area (Å²) in [6.45, 7) is 19.1. The highest BCUT2D eigenvalue weighted by Crippen LogP contribution is 2.50. The molecular formula is C40H43N3OSi+2. The van der Waals surface area contributed by atoms with Crippen LogP contribution in [-0.2, 0) is 12.1 Å². The van der Waals surface area contributed by atoms with E-state index in [-0.39, 0.29) is 0 Å². The van der Waals surface area contributed by atoms with Crippen LogP contribution in [0, 0.1) is 11.8 Å². The molecule has 226 valence electrons. The van der Waals surface area contributed by atoms with E-state index in [9.17, 15) is 0 Å². The van der Waals surface area contributed by atoms with Gasteiger partial charge in [-0.15, -0.1) is 9.13 Å². The van der Waals surface area contributed by atoms with Crippen molar-refractivity contribution in [2.45, 2.75) is 72.3 Å². The van der Waals surface area contributed by atoms with E-state index in [1.54, 1.807) is 5.19 Å². The van der Waals surface area contributed by atoms with Gasteiger partial charge in [0.05, 0.1) is 13.6 Å². The number of fused-ring (bicyclic) bond motifs is 14. The van der Waals surface area contributed by atoms with Gasteiger partial charge in [0.2, 0.25) is 17.1 Å². The number of benzene rings is 2. The second kappa shape index (κ2) is 9.70. The highest BCUT2D eigenvalue weighted by Gasteiger charge is 2.67. The molecule has 0 saturated heterocycles. The normalized spacial score (nSPS) is 17.4. The first-order valence-corrected chi connectivity index (χ1v) is 20.1. The predicted molar refractivity (Wildman–Crippen MR) is 186 cm³/mol. The third-order valence-electron chi connectivity index (χ3n) is 10.4. The summed E-state index contributed by atoms with van der Waals surface area (Å²) in [5, 5.41) is 3.73. The number of aromatic nitrogens is 3. The Hall–Kier alpha value is -4.09. The predicted octanol–water partition coefficient (Wildman–Crippen LogP) is 8.32. The molecule has 45 heavy (non-hydrogen) atoms. The molecule has 6 heterocycles. The van der Waals surface area contributed by atoms with Crippen molar-refractivity contribution >= 4 is 35.3 Å². The maximum Gasteiger partial charge on any atom is 0.417 e. The number of hydrogen-bond acceptors (Lipinski definition) is 2. The Morgan fingerprint density at radius 3 is 2.38 bits per heavy atom. The lowest BCUT2D eigenvalue weighted by Gasteiger charge is -2.23. The average Bonchev–Trinajstić information content (AvgIpc) is 3.62. The maximum atomic E-state index is 6.69. The van der Waals surface area contributed by atoms with Crippen LogP contribution in [-0.4, -0.2) is 13.1 Å². The summed E-state index contributed by atoms with van der Waals surface area (Å²) in [7, 11) is -1.70. The Balaban J connectivity index is 1.54. The van der Waals surface area contributed by atoms with Crippen molar-refractivity contribution < 1.29 is 13.6 Å². The zero-order chi connectivity index (χ0) is 31.4. The Morgan fingerprint density at radius 1 is 0.822 bits per heavy atom. The topological polar surface area (TPSA) is 33.8 Å². The minimum Gasteiger partial charge on any atom is -0.437 e. The molecule has 4 nitrogen and oxygen atoms in total. The Labute approximate surface area is 267 Å². The smallest absolute Gasteiger partial charge is 0.417 e. The van der Waals surface area contributed by atoms with Crippen molar-refractivity contribution in [3.05, 3.63) is 108 Å². The summed E-state index contributed by atoms with van der Waals surface area (Å²) in [5.41, 5.74) is 11.5. The number of furan rings is 1. The minimum atomic E-state index is -1.70. The number of nitrogens with zero attached hydrogens (tertiary/aromatic N) is 3. The summed E-state index contributed by atoms with van der Waals surface area (Å²) in [4.78, 5) is 4.63. The van der Waals surface area contributed by atoms with Crippen LogP contribution in [0.2, 0.25) is 19.6 Å². The molecule has 4 aromatic heterocycles. The highest BCUT2D eigenvalue weighted by atomic mass is 28.3. The van der Waals surface area contributed by atoms with Gasteiger partial charge in [0.25, 0.3) is 0 Å². The molecule has 1 spiro atoms. The third-order valence-corrected chi connectivity index (χ3v) is 12.5. The molecule has 0 bridgehead atoms. The largest absolute Gasteiger partial charge is 0.437 e. The first-order chi connectivity index (χ1) is 21.5. The zero-order valence-corrected chi connectivity index (χ0v) is 28.8. The summed E-state index contributed by atoms with van der Waals surface area (Å²) in [6.07, 6.45) is 7.81. The van der Waals surface area contributed by atoms with Crippen LogP contribution in [0.4, 0.5) is 0 Å². The van der Waals surface area contributed by atoms with Gasteiger partial charge in [0.15, 0.2) is 18.0 Å². The van der Waals surface area contributed by atoms with E-state index in [0.717, 1.165) is 22.8 Å². The summed E-state index contributed by atoms with van der Waals surface area (Å²) in [5.74, 6) is 1.56. The molecule has 2 aromatic carbocycles. The SMILES string of the molecule is CC(C)Cc1cc2[n+](cc1[Si](C)(C)C)C1(c3ccccc3-2)c2ccc3c(oc4ncccc43)c2-c2cc(C(C)C(C)C)cc[n+]21. The lowest BCUT2D eigenvalue weighted by Crippen LogP contribution is -2.72. The number of rotatable bonds is 5. The van der Waals surface area contributed by atoms with Crippen molar-refractivity contribution in [3.63, 3.8) is 0 Å².